The van der Waals surface area contributed by atoms with E-state index in [-0.39, 0.29) is 12.1 Å². The summed E-state index contributed by atoms with van der Waals surface area (Å²) in [7, 11) is 1.40. The van der Waals surface area contributed by atoms with E-state index in [1.807, 2.05) is 6.07 Å². The first-order valence-electron chi connectivity index (χ1n) is 7.01. The number of hydrogen-bond acceptors (Lipinski definition) is 3. The maximum atomic E-state index is 13.6. The Morgan fingerprint density at radius 2 is 1.91 bits per heavy atom. The van der Waals surface area contributed by atoms with Gasteiger partial charge in [0.1, 0.15) is 11.6 Å². The fraction of sp³-hybridized carbons (Fsp3) is 0.235. The number of hydrogen-bond donors (Lipinski definition) is 2. The molecule has 0 aromatic heterocycles. The number of carbonyl (C=O) groups excluding carboxylic acids is 1. The molecule has 0 heterocycles. The molecule has 2 rings (SSSR count). The van der Waals surface area contributed by atoms with Crippen molar-refractivity contribution >= 4 is 5.91 Å². The van der Waals surface area contributed by atoms with Crippen molar-refractivity contribution in [1.82, 2.24) is 5.32 Å². The van der Waals surface area contributed by atoms with Gasteiger partial charge in [-0.1, -0.05) is 36.4 Å². The van der Waals surface area contributed by atoms with Crippen molar-refractivity contribution < 1.29 is 23.4 Å². The van der Waals surface area contributed by atoms with Gasteiger partial charge in [-0.3, -0.25) is 4.79 Å². The van der Waals surface area contributed by atoms with Gasteiger partial charge in [0.25, 0.3) is 5.91 Å². The van der Waals surface area contributed by atoms with Gasteiger partial charge in [0, 0.05) is 25.3 Å². The van der Waals surface area contributed by atoms with Gasteiger partial charge >= 0.3 is 0 Å². The summed E-state index contributed by atoms with van der Waals surface area (Å²) in [6, 6.07) is 11.7. The Labute approximate surface area is 132 Å². The van der Waals surface area contributed by atoms with Crippen LogP contribution in [0.4, 0.5) is 8.78 Å². The van der Waals surface area contributed by atoms with E-state index in [1.165, 1.54) is 7.11 Å². The van der Waals surface area contributed by atoms with Crippen LogP contribution in [-0.4, -0.2) is 24.7 Å². The van der Waals surface area contributed by atoms with Gasteiger partial charge in [0.15, 0.2) is 6.10 Å². The summed E-state index contributed by atoms with van der Waals surface area (Å²) in [4.78, 5) is 12.1. The molecule has 0 fully saturated rings. The SMILES string of the molecule is COC(C(=O)NCC(O)c1ccc(F)cc1F)c1ccccc1. The second-order valence-corrected chi connectivity index (χ2v) is 4.95. The van der Waals surface area contributed by atoms with Crippen molar-refractivity contribution in [2.24, 2.45) is 0 Å². The topological polar surface area (TPSA) is 58.6 Å². The molecular formula is C17H17F2NO3. The lowest BCUT2D eigenvalue weighted by Gasteiger charge is -2.18. The van der Waals surface area contributed by atoms with Crippen LogP contribution in [0.2, 0.25) is 0 Å². The van der Waals surface area contributed by atoms with Crippen molar-refractivity contribution in [3.05, 3.63) is 71.3 Å². The summed E-state index contributed by atoms with van der Waals surface area (Å²) in [6.45, 7) is -0.214. The molecule has 0 aliphatic carbocycles. The van der Waals surface area contributed by atoms with Crippen molar-refractivity contribution in [3.8, 4) is 0 Å². The molecule has 0 radical (unpaired) electrons. The molecule has 23 heavy (non-hydrogen) atoms. The minimum absolute atomic E-state index is 0.0830. The Morgan fingerprint density at radius 1 is 1.22 bits per heavy atom. The first kappa shape index (κ1) is 17.1. The van der Waals surface area contributed by atoms with E-state index in [0.717, 1.165) is 12.1 Å². The zero-order valence-corrected chi connectivity index (χ0v) is 12.5. The molecule has 0 saturated carbocycles. The summed E-state index contributed by atoms with van der Waals surface area (Å²) < 4.78 is 31.6. The van der Waals surface area contributed by atoms with E-state index >= 15 is 0 Å². The molecule has 4 nitrogen and oxygen atoms in total. The minimum atomic E-state index is -1.28. The van der Waals surface area contributed by atoms with Crippen LogP contribution in [0.1, 0.15) is 23.3 Å². The van der Waals surface area contributed by atoms with Crippen LogP contribution in [0.25, 0.3) is 0 Å². The normalized spacial score (nSPS) is 13.4. The third-order valence-corrected chi connectivity index (χ3v) is 3.37. The lowest BCUT2D eigenvalue weighted by atomic mass is 10.1. The second kappa shape index (κ2) is 7.80. The molecule has 2 unspecified atom stereocenters. The summed E-state index contributed by atoms with van der Waals surface area (Å²) in [5, 5.41) is 12.4. The van der Waals surface area contributed by atoms with Crippen LogP contribution in [0, 0.1) is 11.6 Å². The molecular weight excluding hydrogens is 304 g/mol. The van der Waals surface area contributed by atoms with Gasteiger partial charge < -0.3 is 15.2 Å². The van der Waals surface area contributed by atoms with E-state index in [2.05, 4.69) is 5.32 Å². The maximum Gasteiger partial charge on any atom is 0.253 e. The van der Waals surface area contributed by atoms with E-state index in [1.54, 1.807) is 24.3 Å². The average Bonchev–Trinajstić information content (AvgIpc) is 2.54. The predicted molar refractivity (Wildman–Crippen MR) is 80.5 cm³/mol. The second-order valence-electron chi connectivity index (χ2n) is 4.95. The lowest BCUT2D eigenvalue weighted by molar-refractivity contribution is -0.131. The zero-order valence-electron chi connectivity index (χ0n) is 12.5. The highest BCUT2D eigenvalue weighted by Crippen LogP contribution is 2.19. The molecule has 0 aliphatic rings. The molecule has 2 N–H and O–H groups in total. The van der Waals surface area contributed by atoms with E-state index < -0.39 is 29.7 Å². The molecule has 6 heteroatoms. The van der Waals surface area contributed by atoms with Gasteiger partial charge in [0.05, 0.1) is 6.10 Å². The Bertz CT molecular complexity index is 664. The van der Waals surface area contributed by atoms with Crippen molar-refractivity contribution in [3.63, 3.8) is 0 Å². The molecule has 2 aromatic carbocycles. The smallest absolute Gasteiger partial charge is 0.253 e. The summed E-state index contributed by atoms with van der Waals surface area (Å²) >= 11 is 0. The van der Waals surface area contributed by atoms with E-state index in [0.29, 0.717) is 11.6 Å². The molecule has 122 valence electrons. The van der Waals surface area contributed by atoms with Crippen LogP contribution >= 0.6 is 0 Å². The number of amides is 1. The third kappa shape index (κ3) is 4.34. The monoisotopic (exact) mass is 321 g/mol. The Balaban J connectivity index is 2.00. The van der Waals surface area contributed by atoms with Crippen LogP contribution in [0.5, 0.6) is 0 Å². The van der Waals surface area contributed by atoms with Crippen LogP contribution in [-0.2, 0) is 9.53 Å². The number of rotatable bonds is 6. The highest BCUT2D eigenvalue weighted by atomic mass is 19.1. The minimum Gasteiger partial charge on any atom is -0.386 e. The molecule has 1 amide bonds. The maximum absolute atomic E-state index is 13.6. The Morgan fingerprint density at radius 3 is 2.52 bits per heavy atom. The first-order valence-corrected chi connectivity index (χ1v) is 7.01. The quantitative estimate of drug-likeness (QED) is 0.859. The van der Waals surface area contributed by atoms with Gasteiger partial charge in [-0.05, 0) is 11.6 Å². The van der Waals surface area contributed by atoms with Crippen molar-refractivity contribution in [1.29, 1.82) is 0 Å². The van der Waals surface area contributed by atoms with Gasteiger partial charge in [-0.2, -0.15) is 0 Å². The molecule has 0 spiro atoms. The van der Waals surface area contributed by atoms with Crippen LogP contribution in [0.15, 0.2) is 48.5 Å². The molecule has 0 saturated heterocycles. The van der Waals surface area contributed by atoms with Crippen molar-refractivity contribution in [2.75, 3.05) is 13.7 Å². The van der Waals surface area contributed by atoms with Crippen molar-refractivity contribution in [2.45, 2.75) is 12.2 Å². The van der Waals surface area contributed by atoms with Crippen LogP contribution in [0.3, 0.4) is 0 Å². The number of nitrogens with one attached hydrogen (secondary N) is 1. The summed E-state index contributed by atoms with van der Waals surface area (Å²) in [6.07, 6.45) is -2.12. The van der Waals surface area contributed by atoms with Crippen LogP contribution < -0.4 is 5.32 Å². The van der Waals surface area contributed by atoms with Gasteiger partial charge in [0.2, 0.25) is 0 Å². The number of halogens is 2. The number of ether oxygens (including phenoxy) is 1. The van der Waals surface area contributed by atoms with E-state index in [4.69, 9.17) is 4.74 Å². The third-order valence-electron chi connectivity index (χ3n) is 3.37. The molecule has 0 bridgehead atoms. The Kier molecular flexibility index (Phi) is 5.78. The first-order chi connectivity index (χ1) is 11.0. The van der Waals surface area contributed by atoms with Gasteiger partial charge in [-0.25, -0.2) is 8.78 Å². The largest absolute Gasteiger partial charge is 0.386 e. The van der Waals surface area contributed by atoms with E-state index in [9.17, 15) is 18.7 Å². The number of carbonyl (C=O) groups is 1. The zero-order chi connectivity index (χ0) is 16.8. The Hall–Kier alpha value is -2.31. The highest BCUT2D eigenvalue weighted by Gasteiger charge is 2.21. The van der Waals surface area contributed by atoms with Gasteiger partial charge in [-0.15, -0.1) is 0 Å². The highest BCUT2D eigenvalue weighted by molar-refractivity contribution is 5.82. The predicted octanol–water partition coefficient (Wildman–Crippen LogP) is 2.50. The number of benzene rings is 2. The number of methoxy groups -OCH3 is 1. The average molecular weight is 321 g/mol. The molecule has 0 aliphatic heterocycles. The lowest BCUT2D eigenvalue weighted by Crippen LogP contribution is -2.33. The number of aliphatic hydroxyl groups is 1. The fourth-order valence-electron chi connectivity index (χ4n) is 2.19. The summed E-state index contributed by atoms with van der Waals surface area (Å²) in [5.74, 6) is -2.05. The molecule has 2 aromatic rings. The summed E-state index contributed by atoms with van der Waals surface area (Å²) in [5.41, 5.74) is 0.579. The standard InChI is InChI=1S/C17H17F2NO3/c1-23-16(11-5-3-2-4-6-11)17(22)20-10-15(21)13-8-7-12(18)9-14(13)19/h2-9,15-16,21H,10H2,1H3,(H,20,22). The molecule has 2 atom stereocenters. The number of aliphatic hydroxyl groups excluding tert-OH is 1. The fourth-order valence-corrected chi connectivity index (χ4v) is 2.19.